The summed E-state index contributed by atoms with van der Waals surface area (Å²) in [6.07, 6.45) is -0.122. The lowest BCUT2D eigenvalue weighted by atomic mass is 10.2. The van der Waals surface area contributed by atoms with Gasteiger partial charge in [0.05, 0.1) is 13.7 Å². The maximum Gasteiger partial charge on any atom is 0.276 e. The number of hydrogen-bond donors (Lipinski definition) is 3. The topological polar surface area (TPSA) is 115 Å². The third kappa shape index (κ3) is 7.70. The highest BCUT2D eigenvalue weighted by Crippen LogP contribution is 2.25. The summed E-state index contributed by atoms with van der Waals surface area (Å²) in [5, 5.41) is 2.69. The molecule has 0 saturated carbocycles. The number of hydrazine groups is 1. The fraction of sp³-hybridized carbons (Fsp3) is 0.286. The number of methoxy groups -OCH3 is 1. The Morgan fingerprint density at radius 2 is 1.43 bits per heavy atom. The molecule has 0 heterocycles. The van der Waals surface area contributed by atoms with Crippen molar-refractivity contribution in [1.29, 1.82) is 0 Å². The fourth-order valence-corrected chi connectivity index (χ4v) is 2.37. The van der Waals surface area contributed by atoms with Crippen LogP contribution in [0.15, 0.2) is 48.5 Å². The molecule has 2 aromatic rings. The number of rotatable bonds is 10. The van der Waals surface area contributed by atoms with Crippen LogP contribution in [0.1, 0.15) is 19.8 Å². The van der Waals surface area contributed by atoms with Crippen LogP contribution >= 0.6 is 0 Å². The van der Waals surface area contributed by atoms with Gasteiger partial charge >= 0.3 is 0 Å². The molecular weight excluding hydrogens is 390 g/mol. The summed E-state index contributed by atoms with van der Waals surface area (Å²) in [7, 11) is 1.49. The van der Waals surface area contributed by atoms with Gasteiger partial charge in [0.15, 0.2) is 18.1 Å². The lowest BCUT2D eigenvalue weighted by Crippen LogP contribution is -2.44. The van der Waals surface area contributed by atoms with Crippen molar-refractivity contribution >= 4 is 23.4 Å². The summed E-state index contributed by atoms with van der Waals surface area (Å²) in [4.78, 5) is 35.5. The average Bonchev–Trinajstić information content (AvgIpc) is 2.76. The van der Waals surface area contributed by atoms with Gasteiger partial charge in [0.2, 0.25) is 11.8 Å². The third-order valence-electron chi connectivity index (χ3n) is 3.80. The van der Waals surface area contributed by atoms with Crippen LogP contribution in [0.3, 0.4) is 0 Å². The predicted octanol–water partition coefficient (Wildman–Crippen LogP) is 2.04. The first-order valence-corrected chi connectivity index (χ1v) is 9.38. The number of carbonyl (C=O) groups excluding carboxylic acids is 3. The normalized spacial score (nSPS) is 9.93. The van der Waals surface area contributed by atoms with Crippen LogP contribution < -0.4 is 30.4 Å². The molecule has 0 unspecified atom stereocenters. The molecule has 0 aliphatic heterocycles. The zero-order valence-corrected chi connectivity index (χ0v) is 16.9. The lowest BCUT2D eigenvalue weighted by molar-refractivity contribution is -0.130. The Labute approximate surface area is 174 Å². The number of para-hydroxylation sites is 2. The minimum atomic E-state index is -0.548. The van der Waals surface area contributed by atoms with Gasteiger partial charge in [-0.25, -0.2) is 0 Å². The minimum absolute atomic E-state index is 0.0351. The maximum atomic E-state index is 11.9. The van der Waals surface area contributed by atoms with E-state index in [0.717, 1.165) is 0 Å². The van der Waals surface area contributed by atoms with Crippen molar-refractivity contribution in [2.75, 3.05) is 25.6 Å². The van der Waals surface area contributed by atoms with E-state index in [0.29, 0.717) is 29.5 Å². The molecule has 0 aromatic heterocycles. The smallest absolute Gasteiger partial charge is 0.276 e. The number of benzene rings is 2. The first-order chi connectivity index (χ1) is 14.5. The first kappa shape index (κ1) is 22.5. The van der Waals surface area contributed by atoms with Crippen LogP contribution in [0.4, 0.5) is 5.69 Å². The van der Waals surface area contributed by atoms with Crippen LogP contribution in [0.5, 0.6) is 17.2 Å². The first-order valence-electron chi connectivity index (χ1n) is 9.38. The highest BCUT2D eigenvalue weighted by molar-refractivity contribution is 5.93. The summed E-state index contributed by atoms with van der Waals surface area (Å²) >= 11 is 0. The SMILES string of the molecule is CCOc1ccc(NC(=O)CCC(=O)NNC(=O)COc2ccccc2OC)cc1. The molecule has 0 fully saturated rings. The molecule has 3 N–H and O–H groups in total. The molecule has 160 valence electrons. The van der Waals surface area contributed by atoms with Crippen LogP contribution in [-0.2, 0) is 14.4 Å². The Morgan fingerprint density at radius 3 is 2.10 bits per heavy atom. The molecule has 0 atom stereocenters. The molecule has 0 saturated heterocycles. The van der Waals surface area contributed by atoms with Crippen molar-refractivity contribution in [3.63, 3.8) is 0 Å². The Hall–Kier alpha value is -3.75. The Kier molecular flexibility index (Phi) is 8.98. The Bertz CT molecular complexity index is 854. The Morgan fingerprint density at radius 1 is 0.800 bits per heavy atom. The van der Waals surface area contributed by atoms with Gasteiger partial charge < -0.3 is 19.5 Å². The van der Waals surface area contributed by atoms with E-state index in [4.69, 9.17) is 14.2 Å². The highest BCUT2D eigenvalue weighted by atomic mass is 16.5. The molecule has 0 radical (unpaired) electrons. The number of nitrogens with one attached hydrogen (secondary N) is 3. The molecule has 2 aromatic carbocycles. The summed E-state index contributed by atoms with van der Waals surface area (Å²) in [6, 6.07) is 13.8. The highest BCUT2D eigenvalue weighted by Gasteiger charge is 2.10. The number of amides is 3. The second-order valence-electron chi connectivity index (χ2n) is 6.04. The Balaban J connectivity index is 1.65. The number of carbonyl (C=O) groups is 3. The molecule has 0 bridgehead atoms. The predicted molar refractivity (Wildman–Crippen MR) is 110 cm³/mol. The van der Waals surface area contributed by atoms with E-state index in [1.165, 1.54) is 7.11 Å². The summed E-state index contributed by atoms with van der Waals surface area (Å²) in [6.45, 7) is 2.14. The molecule has 9 nitrogen and oxygen atoms in total. The van der Waals surface area contributed by atoms with Gasteiger partial charge in [-0.15, -0.1) is 0 Å². The quantitative estimate of drug-likeness (QED) is 0.512. The van der Waals surface area contributed by atoms with E-state index < -0.39 is 11.8 Å². The van der Waals surface area contributed by atoms with E-state index in [9.17, 15) is 14.4 Å². The second-order valence-corrected chi connectivity index (χ2v) is 6.04. The van der Waals surface area contributed by atoms with Crippen molar-refractivity contribution in [2.24, 2.45) is 0 Å². The number of anilines is 1. The molecule has 0 aliphatic rings. The standard InChI is InChI=1S/C21H25N3O6/c1-3-29-16-10-8-15(9-11-16)22-19(25)12-13-20(26)23-24-21(27)14-30-18-7-5-4-6-17(18)28-2/h4-11H,3,12-14H2,1-2H3,(H,22,25)(H,23,26)(H,24,27). The van der Waals surface area contributed by atoms with Crippen molar-refractivity contribution in [3.8, 4) is 17.2 Å². The van der Waals surface area contributed by atoms with Gasteiger partial charge in [-0.05, 0) is 43.3 Å². The molecular formula is C21H25N3O6. The minimum Gasteiger partial charge on any atom is -0.494 e. The fourth-order valence-electron chi connectivity index (χ4n) is 2.37. The number of hydrogen-bond acceptors (Lipinski definition) is 6. The maximum absolute atomic E-state index is 11.9. The van der Waals surface area contributed by atoms with Crippen LogP contribution in [0.2, 0.25) is 0 Å². The van der Waals surface area contributed by atoms with Gasteiger partial charge in [-0.1, -0.05) is 12.1 Å². The van der Waals surface area contributed by atoms with Crippen molar-refractivity contribution in [3.05, 3.63) is 48.5 Å². The van der Waals surface area contributed by atoms with Crippen LogP contribution in [0, 0.1) is 0 Å². The lowest BCUT2D eigenvalue weighted by Gasteiger charge is -2.11. The van der Waals surface area contributed by atoms with Gasteiger partial charge in [0.1, 0.15) is 5.75 Å². The molecule has 2 rings (SSSR count). The van der Waals surface area contributed by atoms with E-state index in [2.05, 4.69) is 16.2 Å². The monoisotopic (exact) mass is 415 g/mol. The average molecular weight is 415 g/mol. The van der Waals surface area contributed by atoms with Gasteiger partial charge in [0, 0.05) is 18.5 Å². The van der Waals surface area contributed by atoms with Gasteiger partial charge in [-0.3, -0.25) is 25.2 Å². The van der Waals surface area contributed by atoms with E-state index in [-0.39, 0.29) is 25.4 Å². The summed E-state index contributed by atoms with van der Waals surface area (Å²) < 4.78 is 15.8. The third-order valence-corrected chi connectivity index (χ3v) is 3.80. The molecule has 9 heteroatoms. The molecule has 30 heavy (non-hydrogen) atoms. The van der Waals surface area contributed by atoms with Crippen molar-refractivity contribution < 1.29 is 28.6 Å². The van der Waals surface area contributed by atoms with Crippen molar-refractivity contribution in [1.82, 2.24) is 10.9 Å². The second kappa shape index (κ2) is 11.9. The van der Waals surface area contributed by atoms with Gasteiger partial charge in [-0.2, -0.15) is 0 Å². The number of ether oxygens (including phenoxy) is 3. The summed E-state index contributed by atoms with van der Waals surface area (Å²) in [5.74, 6) is 0.247. The largest absolute Gasteiger partial charge is 0.494 e. The zero-order chi connectivity index (χ0) is 21.8. The molecule has 0 aliphatic carbocycles. The molecule has 0 spiro atoms. The van der Waals surface area contributed by atoms with Gasteiger partial charge in [0.25, 0.3) is 5.91 Å². The van der Waals surface area contributed by atoms with E-state index in [1.54, 1.807) is 48.5 Å². The van der Waals surface area contributed by atoms with Crippen LogP contribution in [-0.4, -0.2) is 38.0 Å². The van der Waals surface area contributed by atoms with Crippen molar-refractivity contribution in [2.45, 2.75) is 19.8 Å². The molecule has 3 amide bonds. The van der Waals surface area contributed by atoms with E-state index in [1.807, 2.05) is 6.92 Å². The zero-order valence-electron chi connectivity index (χ0n) is 16.9. The van der Waals surface area contributed by atoms with E-state index >= 15 is 0 Å². The summed E-state index contributed by atoms with van der Waals surface area (Å²) in [5.41, 5.74) is 5.08. The van der Waals surface area contributed by atoms with Crippen LogP contribution in [0.25, 0.3) is 0 Å².